The first-order valence-corrected chi connectivity index (χ1v) is 11.8. The van der Waals surface area contributed by atoms with Crippen LogP contribution in [0.15, 0.2) is 66.7 Å². The molecule has 3 aromatic rings. The van der Waals surface area contributed by atoms with E-state index in [-0.39, 0.29) is 31.3 Å². The number of hydrogen-bond donors (Lipinski definition) is 1. The second-order valence-corrected chi connectivity index (χ2v) is 9.94. The molecule has 0 aliphatic carbocycles. The monoisotopic (exact) mass is 473 g/mol. The highest BCUT2D eigenvalue weighted by molar-refractivity contribution is 6.04. The lowest BCUT2D eigenvalue weighted by atomic mass is 9.84. The van der Waals surface area contributed by atoms with Crippen LogP contribution in [0.2, 0.25) is 0 Å². The average molecular weight is 474 g/mol. The average Bonchev–Trinajstić information content (AvgIpc) is 3.20. The predicted octanol–water partition coefficient (Wildman–Crippen LogP) is 4.87. The fraction of sp³-hybridized carbons (Fsp3) is 0.321. The molecule has 2 heterocycles. The molecule has 2 amide bonds. The van der Waals surface area contributed by atoms with Crippen LogP contribution in [0.1, 0.15) is 36.8 Å². The maximum atomic E-state index is 14.1. The molecule has 1 atom stereocenters. The standard InChI is InChI=1S/C28H31N3O4/c1-19-17-22(24(20-11-7-5-8-12-20)31(19)21-13-9-6-10-14-21)26(33)30-16-15-29(27(34)35)18-23(30)25(32)28(2,3)4/h5-14,17,23H,15-16,18H2,1-4H3,(H,34,35)/t23-/m0/s1. The molecule has 1 aromatic heterocycles. The van der Waals surface area contributed by atoms with Crippen LogP contribution in [0.4, 0.5) is 4.79 Å². The van der Waals surface area contributed by atoms with Gasteiger partial charge in [0, 0.05) is 29.9 Å². The second kappa shape index (κ2) is 9.41. The van der Waals surface area contributed by atoms with Crippen molar-refractivity contribution in [3.63, 3.8) is 0 Å². The van der Waals surface area contributed by atoms with E-state index in [9.17, 15) is 19.5 Å². The van der Waals surface area contributed by atoms with Crippen LogP contribution in [-0.4, -0.2) is 62.9 Å². The van der Waals surface area contributed by atoms with Gasteiger partial charge in [0.1, 0.15) is 6.04 Å². The molecule has 1 saturated heterocycles. The normalized spacial score (nSPS) is 16.3. The summed E-state index contributed by atoms with van der Waals surface area (Å²) in [5.74, 6) is -0.424. The summed E-state index contributed by atoms with van der Waals surface area (Å²) in [6, 6.07) is 20.6. The number of hydrogen-bond acceptors (Lipinski definition) is 3. The van der Waals surface area contributed by atoms with Crippen molar-refractivity contribution in [2.75, 3.05) is 19.6 Å². The van der Waals surface area contributed by atoms with Gasteiger partial charge in [0.25, 0.3) is 5.91 Å². The number of benzene rings is 2. The smallest absolute Gasteiger partial charge is 0.407 e. The Morgan fingerprint density at radius 1 is 0.914 bits per heavy atom. The largest absolute Gasteiger partial charge is 0.465 e. The third kappa shape index (κ3) is 4.71. The van der Waals surface area contributed by atoms with Crippen molar-refractivity contribution in [3.8, 4) is 16.9 Å². The van der Waals surface area contributed by atoms with Crippen LogP contribution in [0.3, 0.4) is 0 Å². The molecule has 0 radical (unpaired) electrons. The van der Waals surface area contributed by atoms with Gasteiger partial charge in [-0.3, -0.25) is 9.59 Å². The van der Waals surface area contributed by atoms with E-state index in [1.165, 1.54) is 4.90 Å². The maximum Gasteiger partial charge on any atom is 0.407 e. The fourth-order valence-corrected chi connectivity index (χ4v) is 4.67. The van der Waals surface area contributed by atoms with E-state index in [0.29, 0.717) is 5.56 Å². The van der Waals surface area contributed by atoms with E-state index in [0.717, 1.165) is 22.6 Å². The summed E-state index contributed by atoms with van der Waals surface area (Å²) in [6.45, 7) is 7.62. The Hall–Kier alpha value is -3.87. The predicted molar refractivity (Wildman–Crippen MR) is 135 cm³/mol. The molecule has 4 rings (SSSR count). The number of carbonyl (C=O) groups is 3. The lowest BCUT2D eigenvalue weighted by molar-refractivity contribution is -0.132. The van der Waals surface area contributed by atoms with Gasteiger partial charge >= 0.3 is 6.09 Å². The molecule has 182 valence electrons. The van der Waals surface area contributed by atoms with Crippen LogP contribution in [0, 0.1) is 12.3 Å². The minimum Gasteiger partial charge on any atom is -0.465 e. The number of aryl methyl sites for hydroxylation is 1. The highest BCUT2D eigenvalue weighted by Gasteiger charge is 2.42. The van der Waals surface area contributed by atoms with Crippen LogP contribution < -0.4 is 0 Å². The summed E-state index contributed by atoms with van der Waals surface area (Å²) >= 11 is 0. The molecule has 7 nitrogen and oxygen atoms in total. The molecular formula is C28H31N3O4. The molecule has 1 aliphatic heterocycles. The molecule has 0 saturated carbocycles. The Bertz CT molecular complexity index is 1240. The number of aromatic nitrogens is 1. The van der Waals surface area contributed by atoms with E-state index in [1.807, 2.05) is 73.7 Å². The number of ketones is 1. The molecule has 0 spiro atoms. The Kier molecular flexibility index (Phi) is 6.52. The van der Waals surface area contributed by atoms with E-state index >= 15 is 0 Å². The van der Waals surface area contributed by atoms with Gasteiger partial charge in [-0.1, -0.05) is 69.3 Å². The first-order chi connectivity index (χ1) is 16.6. The van der Waals surface area contributed by atoms with Gasteiger partial charge in [-0.15, -0.1) is 0 Å². The molecular weight excluding hydrogens is 442 g/mol. The van der Waals surface area contributed by atoms with Gasteiger partial charge < -0.3 is 19.5 Å². The zero-order valence-corrected chi connectivity index (χ0v) is 20.6. The van der Waals surface area contributed by atoms with Gasteiger partial charge in [-0.25, -0.2) is 4.79 Å². The summed E-state index contributed by atoms with van der Waals surface area (Å²) < 4.78 is 2.05. The van der Waals surface area contributed by atoms with Crippen LogP contribution in [0.5, 0.6) is 0 Å². The zero-order valence-electron chi connectivity index (χ0n) is 20.6. The van der Waals surface area contributed by atoms with Crippen molar-refractivity contribution in [2.24, 2.45) is 5.41 Å². The Balaban J connectivity index is 1.84. The van der Waals surface area contributed by atoms with Crippen molar-refractivity contribution < 1.29 is 19.5 Å². The lowest BCUT2D eigenvalue weighted by Gasteiger charge is -2.41. The summed E-state index contributed by atoms with van der Waals surface area (Å²) in [7, 11) is 0. The van der Waals surface area contributed by atoms with Crippen molar-refractivity contribution in [2.45, 2.75) is 33.7 Å². The Morgan fingerprint density at radius 3 is 2.09 bits per heavy atom. The van der Waals surface area contributed by atoms with Crippen molar-refractivity contribution in [1.29, 1.82) is 0 Å². The highest BCUT2D eigenvalue weighted by Crippen LogP contribution is 2.33. The molecule has 1 N–H and O–H groups in total. The van der Waals surface area contributed by atoms with E-state index in [4.69, 9.17) is 0 Å². The van der Waals surface area contributed by atoms with Gasteiger partial charge in [0.2, 0.25) is 0 Å². The molecule has 2 aromatic carbocycles. The molecule has 7 heteroatoms. The number of carboxylic acid groups (broad SMARTS) is 1. The van der Waals surface area contributed by atoms with Gasteiger partial charge in [0.15, 0.2) is 5.78 Å². The van der Waals surface area contributed by atoms with E-state index in [2.05, 4.69) is 4.57 Å². The SMILES string of the molecule is Cc1cc(C(=O)N2CCN(C(=O)O)C[C@H]2C(=O)C(C)(C)C)c(-c2ccccc2)n1-c1ccccc1. The first kappa shape index (κ1) is 24.3. The zero-order chi connectivity index (χ0) is 25.3. The first-order valence-electron chi connectivity index (χ1n) is 11.8. The molecule has 0 bridgehead atoms. The Labute approximate surface area is 205 Å². The van der Waals surface area contributed by atoms with Crippen LogP contribution >= 0.6 is 0 Å². The topological polar surface area (TPSA) is 82.9 Å². The number of nitrogens with zero attached hydrogens (tertiary/aromatic N) is 3. The summed E-state index contributed by atoms with van der Waals surface area (Å²) in [5, 5.41) is 9.55. The maximum absolute atomic E-state index is 14.1. The molecule has 1 fully saturated rings. The molecule has 35 heavy (non-hydrogen) atoms. The Morgan fingerprint density at radius 2 is 1.51 bits per heavy atom. The summed E-state index contributed by atoms with van der Waals surface area (Å²) in [6.07, 6.45) is -1.08. The van der Waals surface area contributed by atoms with Gasteiger partial charge in [0.05, 0.1) is 17.8 Å². The van der Waals surface area contributed by atoms with Crippen LogP contribution in [-0.2, 0) is 4.79 Å². The summed E-state index contributed by atoms with van der Waals surface area (Å²) in [5.41, 5.74) is 3.23. The number of piperazine rings is 1. The lowest BCUT2D eigenvalue weighted by Crippen LogP contribution is -2.61. The number of Topliss-reactive ketones (excluding diaryl/α,β-unsaturated/α-hetero) is 1. The van der Waals surface area contributed by atoms with Crippen molar-refractivity contribution in [1.82, 2.24) is 14.4 Å². The number of carbonyl (C=O) groups excluding carboxylic acids is 2. The van der Waals surface area contributed by atoms with Crippen LogP contribution in [0.25, 0.3) is 16.9 Å². The molecule has 0 unspecified atom stereocenters. The van der Waals surface area contributed by atoms with E-state index in [1.54, 1.807) is 25.7 Å². The van der Waals surface area contributed by atoms with E-state index < -0.39 is 17.6 Å². The highest BCUT2D eigenvalue weighted by atomic mass is 16.4. The van der Waals surface area contributed by atoms with Gasteiger partial charge in [-0.05, 0) is 30.7 Å². The third-order valence-electron chi connectivity index (χ3n) is 6.43. The number of rotatable bonds is 4. The van der Waals surface area contributed by atoms with Crippen molar-refractivity contribution >= 4 is 17.8 Å². The summed E-state index contributed by atoms with van der Waals surface area (Å²) in [4.78, 5) is 41.9. The fourth-order valence-electron chi connectivity index (χ4n) is 4.67. The number of amides is 2. The number of para-hydroxylation sites is 1. The minimum atomic E-state index is -1.08. The third-order valence-corrected chi connectivity index (χ3v) is 6.43. The minimum absolute atomic E-state index is 0.0315. The second-order valence-electron chi connectivity index (χ2n) is 9.94. The quantitative estimate of drug-likeness (QED) is 0.586. The van der Waals surface area contributed by atoms with Crippen molar-refractivity contribution in [3.05, 3.63) is 78.0 Å². The van der Waals surface area contributed by atoms with Gasteiger partial charge in [-0.2, -0.15) is 0 Å². The molecule has 1 aliphatic rings.